The Kier molecular flexibility index (Phi) is 5.05. The number of aliphatic hydroxyl groups is 1. The Hall–Kier alpha value is -1.64. The minimum Gasteiger partial charge on any atom is -0.388 e. The van der Waals surface area contributed by atoms with E-state index in [4.69, 9.17) is 4.74 Å². The summed E-state index contributed by atoms with van der Waals surface area (Å²) in [6, 6.07) is 5.81. The predicted molar refractivity (Wildman–Crippen MR) is 82.2 cm³/mol. The molecule has 2 rings (SSSR count). The Bertz CT molecular complexity index is 629. The normalized spacial score (nSPS) is 21.6. The van der Waals surface area contributed by atoms with Crippen molar-refractivity contribution in [2.24, 2.45) is 0 Å². The van der Waals surface area contributed by atoms with Gasteiger partial charge in [0.1, 0.15) is 0 Å². The lowest BCUT2D eigenvalue weighted by Gasteiger charge is -2.25. The van der Waals surface area contributed by atoms with E-state index in [2.05, 4.69) is 4.72 Å². The molecule has 22 heavy (non-hydrogen) atoms. The third-order valence-corrected chi connectivity index (χ3v) is 4.93. The summed E-state index contributed by atoms with van der Waals surface area (Å²) < 4.78 is 30.5. The number of anilines is 1. The second-order valence-electron chi connectivity index (χ2n) is 5.17. The Morgan fingerprint density at radius 1 is 1.36 bits per heavy atom. The van der Waals surface area contributed by atoms with E-state index in [0.29, 0.717) is 17.9 Å². The molecule has 2 atom stereocenters. The molecule has 1 heterocycles. The van der Waals surface area contributed by atoms with Crippen molar-refractivity contribution in [3.8, 4) is 0 Å². The highest BCUT2D eigenvalue weighted by molar-refractivity contribution is 7.92. The van der Waals surface area contributed by atoms with Crippen LogP contribution in [0.25, 0.3) is 0 Å². The number of nitrogens with one attached hydrogen (secondary N) is 1. The molecule has 122 valence electrons. The van der Waals surface area contributed by atoms with Gasteiger partial charge in [0.05, 0.1) is 31.1 Å². The quantitative estimate of drug-likeness (QED) is 0.809. The number of nitrogens with zero attached hydrogens (tertiary/aromatic N) is 1. The largest absolute Gasteiger partial charge is 0.388 e. The molecule has 0 radical (unpaired) electrons. The molecule has 1 aromatic carbocycles. The number of aliphatic hydroxyl groups excluding tert-OH is 1. The molecule has 0 saturated carbocycles. The standard InChI is InChI=1S/C14H20N2O5S/c1-3-22(19,20)15-11-6-4-10(5-7-11)14(18)16(2)12-8-21-9-13(12)17/h4-7,12-13,15,17H,3,8-9H2,1-2H3/t12-,13-/m0/s1. The van der Waals surface area contributed by atoms with Crippen molar-refractivity contribution < 1.29 is 23.1 Å². The molecule has 1 amide bonds. The van der Waals surface area contributed by atoms with Gasteiger partial charge in [-0.15, -0.1) is 0 Å². The lowest BCUT2D eigenvalue weighted by atomic mass is 10.1. The zero-order valence-corrected chi connectivity index (χ0v) is 13.3. The number of hydrogen-bond donors (Lipinski definition) is 2. The van der Waals surface area contributed by atoms with Crippen LogP contribution in [-0.2, 0) is 14.8 Å². The first kappa shape index (κ1) is 16.7. The van der Waals surface area contributed by atoms with E-state index in [-0.39, 0.29) is 24.3 Å². The number of rotatable bonds is 5. The summed E-state index contributed by atoms with van der Waals surface area (Å²) in [5.41, 5.74) is 0.825. The van der Waals surface area contributed by atoms with E-state index in [1.807, 2.05) is 0 Å². The minimum atomic E-state index is -3.34. The van der Waals surface area contributed by atoms with Crippen molar-refractivity contribution in [2.45, 2.75) is 19.1 Å². The second-order valence-corrected chi connectivity index (χ2v) is 7.18. The maximum atomic E-state index is 12.4. The van der Waals surface area contributed by atoms with Crippen LogP contribution in [-0.4, -0.2) is 62.5 Å². The monoisotopic (exact) mass is 328 g/mol. The lowest BCUT2D eigenvalue weighted by molar-refractivity contribution is 0.0581. The van der Waals surface area contributed by atoms with Gasteiger partial charge in [-0.05, 0) is 31.2 Å². The fourth-order valence-electron chi connectivity index (χ4n) is 2.19. The smallest absolute Gasteiger partial charge is 0.254 e. The maximum Gasteiger partial charge on any atom is 0.254 e. The molecule has 0 unspecified atom stereocenters. The Morgan fingerprint density at radius 3 is 2.50 bits per heavy atom. The summed E-state index contributed by atoms with van der Waals surface area (Å²) in [6.07, 6.45) is -0.690. The molecular formula is C14H20N2O5S. The molecule has 0 bridgehead atoms. The van der Waals surface area contributed by atoms with Crippen molar-refractivity contribution in [1.29, 1.82) is 0 Å². The van der Waals surface area contributed by atoms with E-state index in [1.54, 1.807) is 26.1 Å². The molecule has 0 aromatic heterocycles. The summed E-state index contributed by atoms with van der Waals surface area (Å²) in [5, 5.41) is 9.76. The van der Waals surface area contributed by atoms with Crippen LogP contribution in [0, 0.1) is 0 Å². The fraction of sp³-hybridized carbons (Fsp3) is 0.500. The number of hydrogen-bond acceptors (Lipinski definition) is 5. The predicted octanol–water partition coefficient (Wildman–Crippen LogP) is 0.280. The highest BCUT2D eigenvalue weighted by Crippen LogP contribution is 2.17. The molecule has 8 heteroatoms. The van der Waals surface area contributed by atoms with Gasteiger partial charge in [0.25, 0.3) is 5.91 Å². The van der Waals surface area contributed by atoms with Gasteiger partial charge in [0.15, 0.2) is 0 Å². The van der Waals surface area contributed by atoms with Gasteiger partial charge in [-0.2, -0.15) is 0 Å². The molecule has 1 aliphatic rings. The first-order valence-electron chi connectivity index (χ1n) is 6.97. The van der Waals surface area contributed by atoms with Crippen molar-refractivity contribution in [3.05, 3.63) is 29.8 Å². The van der Waals surface area contributed by atoms with Gasteiger partial charge in [-0.1, -0.05) is 0 Å². The minimum absolute atomic E-state index is 0.0179. The molecule has 0 spiro atoms. The molecule has 0 aliphatic carbocycles. The van der Waals surface area contributed by atoms with Crippen LogP contribution < -0.4 is 4.72 Å². The van der Waals surface area contributed by atoms with Crippen LogP contribution in [0.1, 0.15) is 17.3 Å². The highest BCUT2D eigenvalue weighted by atomic mass is 32.2. The summed E-state index contributed by atoms with van der Waals surface area (Å²) in [5.74, 6) is -0.268. The van der Waals surface area contributed by atoms with Crippen molar-refractivity contribution in [1.82, 2.24) is 4.90 Å². The van der Waals surface area contributed by atoms with Crippen LogP contribution >= 0.6 is 0 Å². The number of sulfonamides is 1. The van der Waals surface area contributed by atoms with Crippen LogP contribution in [0.3, 0.4) is 0 Å². The summed E-state index contributed by atoms with van der Waals surface area (Å²) in [4.78, 5) is 13.8. The van der Waals surface area contributed by atoms with Gasteiger partial charge < -0.3 is 14.7 Å². The van der Waals surface area contributed by atoms with Gasteiger partial charge >= 0.3 is 0 Å². The Labute approximate surface area is 129 Å². The van der Waals surface area contributed by atoms with E-state index < -0.39 is 16.1 Å². The number of carbonyl (C=O) groups excluding carboxylic acids is 1. The zero-order valence-electron chi connectivity index (χ0n) is 12.5. The third kappa shape index (κ3) is 3.76. The number of carbonyl (C=O) groups is 1. The van der Waals surface area contributed by atoms with Gasteiger partial charge in [-0.25, -0.2) is 8.42 Å². The average Bonchev–Trinajstić information content (AvgIpc) is 2.92. The molecule has 1 aromatic rings. The number of likely N-dealkylation sites (N-methyl/N-ethyl adjacent to an activating group) is 1. The molecule has 2 N–H and O–H groups in total. The van der Waals surface area contributed by atoms with E-state index >= 15 is 0 Å². The van der Waals surface area contributed by atoms with E-state index in [1.165, 1.54) is 17.0 Å². The topological polar surface area (TPSA) is 95.9 Å². The average molecular weight is 328 g/mol. The van der Waals surface area contributed by atoms with Gasteiger partial charge in [0.2, 0.25) is 10.0 Å². The third-order valence-electron chi connectivity index (χ3n) is 3.62. The fourth-order valence-corrected chi connectivity index (χ4v) is 2.83. The molecule has 1 aliphatic heterocycles. The molecule has 7 nitrogen and oxygen atoms in total. The van der Waals surface area contributed by atoms with Gasteiger partial charge in [-0.3, -0.25) is 9.52 Å². The summed E-state index contributed by atoms with van der Waals surface area (Å²) in [7, 11) is -1.73. The lowest BCUT2D eigenvalue weighted by Crippen LogP contribution is -2.44. The van der Waals surface area contributed by atoms with Gasteiger partial charge in [0, 0.05) is 18.3 Å². The van der Waals surface area contributed by atoms with E-state index in [9.17, 15) is 18.3 Å². The van der Waals surface area contributed by atoms with Crippen LogP contribution in [0.5, 0.6) is 0 Å². The van der Waals surface area contributed by atoms with Crippen molar-refractivity contribution >= 4 is 21.6 Å². The van der Waals surface area contributed by atoms with Crippen LogP contribution in [0.15, 0.2) is 24.3 Å². The number of benzene rings is 1. The molecule has 1 fully saturated rings. The highest BCUT2D eigenvalue weighted by Gasteiger charge is 2.32. The molecule has 1 saturated heterocycles. The summed E-state index contributed by atoms with van der Waals surface area (Å²) in [6.45, 7) is 2.07. The van der Waals surface area contributed by atoms with Crippen LogP contribution in [0.2, 0.25) is 0 Å². The van der Waals surface area contributed by atoms with E-state index in [0.717, 1.165) is 0 Å². The SMILES string of the molecule is CCS(=O)(=O)Nc1ccc(C(=O)N(C)[C@H]2COC[C@@H]2O)cc1. The molecular weight excluding hydrogens is 308 g/mol. The zero-order chi connectivity index (χ0) is 16.3. The first-order chi connectivity index (χ1) is 10.3. The Balaban J connectivity index is 2.08. The first-order valence-corrected chi connectivity index (χ1v) is 8.63. The number of amides is 1. The summed E-state index contributed by atoms with van der Waals surface area (Å²) >= 11 is 0. The van der Waals surface area contributed by atoms with Crippen LogP contribution in [0.4, 0.5) is 5.69 Å². The Morgan fingerprint density at radius 2 is 2.00 bits per heavy atom. The van der Waals surface area contributed by atoms with Crippen molar-refractivity contribution in [3.63, 3.8) is 0 Å². The number of ether oxygens (including phenoxy) is 1. The maximum absolute atomic E-state index is 12.4. The van der Waals surface area contributed by atoms with Crippen molar-refractivity contribution in [2.75, 3.05) is 30.7 Å². The second kappa shape index (κ2) is 6.64.